The second-order valence-electron chi connectivity index (χ2n) is 8.19. The summed E-state index contributed by atoms with van der Waals surface area (Å²) in [7, 11) is 2.05. The summed E-state index contributed by atoms with van der Waals surface area (Å²) < 4.78 is 0. The first-order valence-electron chi connectivity index (χ1n) is 10.4. The molecule has 1 atom stereocenters. The fourth-order valence-corrected chi connectivity index (χ4v) is 3.88. The summed E-state index contributed by atoms with van der Waals surface area (Å²) >= 11 is 0. The summed E-state index contributed by atoms with van der Waals surface area (Å²) in [5.41, 5.74) is 3.96. The number of rotatable bonds is 5. The standard InChI is InChI=1S/C24H26N4O3/c1-15-11-18(7-8-22(15)29)21-13-20(26-24(31)27-21)12-16-3-5-17(6-4-16)23(30)25-19-9-10-28(2)14-19/h3-8,11,13,19,29H,9-10,12,14H2,1-2H3,(H,25,30)(H,26,27,31). The summed E-state index contributed by atoms with van der Waals surface area (Å²) in [6.07, 6.45) is 1.48. The molecule has 3 N–H and O–H groups in total. The molecule has 0 aliphatic carbocycles. The van der Waals surface area contributed by atoms with Crippen molar-refractivity contribution in [1.82, 2.24) is 20.2 Å². The van der Waals surface area contributed by atoms with E-state index >= 15 is 0 Å². The summed E-state index contributed by atoms with van der Waals surface area (Å²) in [6.45, 7) is 3.68. The van der Waals surface area contributed by atoms with Gasteiger partial charge in [-0.2, -0.15) is 4.98 Å². The molecule has 1 fully saturated rings. The molecule has 2 aromatic carbocycles. The zero-order chi connectivity index (χ0) is 22.0. The molecule has 7 heteroatoms. The van der Waals surface area contributed by atoms with Crippen LogP contribution in [0.1, 0.15) is 33.6 Å². The molecule has 1 aliphatic rings. The van der Waals surface area contributed by atoms with Crippen LogP contribution in [0.5, 0.6) is 5.75 Å². The summed E-state index contributed by atoms with van der Waals surface area (Å²) in [5.74, 6) is 0.145. The van der Waals surface area contributed by atoms with E-state index in [1.165, 1.54) is 0 Å². The number of likely N-dealkylation sites (tertiary alicyclic amines) is 1. The highest BCUT2D eigenvalue weighted by molar-refractivity contribution is 5.94. The van der Waals surface area contributed by atoms with Gasteiger partial charge in [0.25, 0.3) is 5.91 Å². The van der Waals surface area contributed by atoms with Crippen LogP contribution in [0.15, 0.2) is 53.3 Å². The van der Waals surface area contributed by atoms with Crippen LogP contribution < -0.4 is 11.0 Å². The number of nitrogens with one attached hydrogen (secondary N) is 2. The van der Waals surface area contributed by atoms with E-state index in [1.54, 1.807) is 25.1 Å². The van der Waals surface area contributed by atoms with Crippen molar-refractivity contribution in [1.29, 1.82) is 0 Å². The third-order valence-corrected chi connectivity index (χ3v) is 5.63. The predicted molar refractivity (Wildman–Crippen MR) is 119 cm³/mol. The van der Waals surface area contributed by atoms with Crippen LogP contribution in [-0.2, 0) is 6.42 Å². The maximum atomic E-state index is 12.5. The molecule has 1 amide bonds. The van der Waals surface area contributed by atoms with Crippen molar-refractivity contribution in [3.63, 3.8) is 0 Å². The van der Waals surface area contributed by atoms with Crippen molar-refractivity contribution in [3.05, 3.63) is 81.4 Å². The molecule has 160 valence electrons. The zero-order valence-electron chi connectivity index (χ0n) is 17.7. The van der Waals surface area contributed by atoms with Crippen LogP contribution in [0.4, 0.5) is 0 Å². The van der Waals surface area contributed by atoms with Gasteiger partial charge < -0.3 is 20.3 Å². The van der Waals surface area contributed by atoms with Crippen molar-refractivity contribution in [2.45, 2.75) is 25.8 Å². The van der Waals surface area contributed by atoms with Crippen molar-refractivity contribution >= 4 is 5.91 Å². The number of likely N-dealkylation sites (N-methyl/N-ethyl adjacent to an activating group) is 1. The minimum atomic E-state index is -0.421. The van der Waals surface area contributed by atoms with Crippen molar-refractivity contribution in [2.75, 3.05) is 20.1 Å². The molecule has 1 unspecified atom stereocenters. The first-order valence-corrected chi connectivity index (χ1v) is 10.4. The Kier molecular flexibility index (Phi) is 5.86. The van der Waals surface area contributed by atoms with Gasteiger partial charge in [0, 0.05) is 35.8 Å². The predicted octanol–water partition coefficient (Wildman–Crippen LogP) is 2.48. The minimum absolute atomic E-state index is 0.0610. The largest absolute Gasteiger partial charge is 0.508 e. The number of benzene rings is 2. The maximum absolute atomic E-state index is 12.5. The van der Waals surface area contributed by atoms with Crippen molar-refractivity contribution < 1.29 is 9.90 Å². The molecular weight excluding hydrogens is 392 g/mol. The molecule has 4 rings (SSSR count). The maximum Gasteiger partial charge on any atom is 0.345 e. The Bertz CT molecular complexity index is 1150. The number of hydrogen-bond donors (Lipinski definition) is 3. The number of aromatic amines is 1. The van der Waals surface area contributed by atoms with E-state index in [1.807, 2.05) is 30.3 Å². The average Bonchev–Trinajstić information content (AvgIpc) is 3.14. The topological polar surface area (TPSA) is 98.3 Å². The van der Waals surface area contributed by atoms with Crippen LogP contribution in [0.3, 0.4) is 0 Å². The lowest BCUT2D eigenvalue weighted by atomic mass is 10.0. The Hall–Kier alpha value is -3.45. The van der Waals surface area contributed by atoms with Gasteiger partial charge in [-0.25, -0.2) is 4.79 Å². The number of nitrogens with zero attached hydrogens (tertiary/aromatic N) is 2. The number of amides is 1. The Morgan fingerprint density at radius 1 is 1.23 bits per heavy atom. The quantitative estimate of drug-likeness (QED) is 0.591. The normalized spacial score (nSPS) is 16.4. The molecular formula is C24H26N4O3. The molecule has 3 aromatic rings. The summed E-state index contributed by atoms with van der Waals surface area (Å²) in [6, 6.07) is 14.6. The first kappa shape index (κ1) is 20.8. The molecule has 0 spiro atoms. The molecule has 1 saturated heterocycles. The van der Waals surface area contributed by atoms with Crippen molar-refractivity contribution in [2.24, 2.45) is 0 Å². The van der Waals surface area contributed by atoms with Crippen LogP contribution in [0.25, 0.3) is 11.3 Å². The van der Waals surface area contributed by atoms with Gasteiger partial charge in [0.05, 0.1) is 5.69 Å². The number of hydrogen-bond acceptors (Lipinski definition) is 5. The number of H-pyrrole nitrogens is 1. The third kappa shape index (κ3) is 5.00. The van der Waals surface area contributed by atoms with E-state index in [9.17, 15) is 14.7 Å². The van der Waals surface area contributed by atoms with E-state index in [0.717, 1.165) is 41.9 Å². The smallest absolute Gasteiger partial charge is 0.345 e. The molecule has 0 saturated carbocycles. The van der Waals surface area contributed by atoms with Crippen LogP contribution in [0, 0.1) is 6.92 Å². The van der Waals surface area contributed by atoms with E-state index in [-0.39, 0.29) is 17.7 Å². The van der Waals surface area contributed by atoms with Gasteiger partial charge in [0.2, 0.25) is 0 Å². The van der Waals surface area contributed by atoms with E-state index in [2.05, 4.69) is 27.2 Å². The fourth-order valence-electron chi connectivity index (χ4n) is 3.88. The van der Waals surface area contributed by atoms with Gasteiger partial charge in [0.1, 0.15) is 5.75 Å². The van der Waals surface area contributed by atoms with E-state index < -0.39 is 5.69 Å². The van der Waals surface area contributed by atoms with Gasteiger partial charge in [-0.05, 0) is 74.5 Å². The summed E-state index contributed by atoms with van der Waals surface area (Å²) in [4.78, 5) is 33.6. The number of aromatic nitrogens is 2. The Morgan fingerprint density at radius 3 is 2.68 bits per heavy atom. The van der Waals surface area contributed by atoms with Gasteiger partial charge >= 0.3 is 5.69 Å². The lowest BCUT2D eigenvalue weighted by Crippen LogP contribution is -2.36. The highest BCUT2D eigenvalue weighted by Crippen LogP contribution is 2.24. The third-order valence-electron chi connectivity index (χ3n) is 5.63. The SMILES string of the molecule is Cc1cc(-c2cc(Cc3ccc(C(=O)NC4CCN(C)C4)cc3)[nH]c(=O)n2)ccc1O. The molecule has 31 heavy (non-hydrogen) atoms. The molecule has 0 radical (unpaired) electrons. The minimum Gasteiger partial charge on any atom is -0.508 e. The van der Waals surface area contributed by atoms with Gasteiger partial charge in [0.15, 0.2) is 0 Å². The van der Waals surface area contributed by atoms with Gasteiger partial charge in [-0.15, -0.1) is 0 Å². The zero-order valence-corrected chi connectivity index (χ0v) is 17.7. The molecule has 0 bridgehead atoms. The molecule has 1 aromatic heterocycles. The second kappa shape index (κ2) is 8.73. The highest BCUT2D eigenvalue weighted by Gasteiger charge is 2.21. The fraction of sp³-hybridized carbons (Fsp3) is 0.292. The lowest BCUT2D eigenvalue weighted by Gasteiger charge is -2.13. The second-order valence-corrected chi connectivity index (χ2v) is 8.19. The van der Waals surface area contributed by atoms with E-state index in [4.69, 9.17) is 0 Å². The molecule has 1 aliphatic heterocycles. The highest BCUT2D eigenvalue weighted by atomic mass is 16.3. The number of aromatic hydroxyl groups is 1. The van der Waals surface area contributed by atoms with Gasteiger partial charge in [-0.3, -0.25) is 4.79 Å². The molecule has 7 nitrogen and oxygen atoms in total. The average molecular weight is 418 g/mol. The first-order chi connectivity index (χ1) is 14.9. The lowest BCUT2D eigenvalue weighted by molar-refractivity contribution is 0.0938. The van der Waals surface area contributed by atoms with Crippen LogP contribution >= 0.6 is 0 Å². The van der Waals surface area contributed by atoms with E-state index in [0.29, 0.717) is 17.7 Å². The van der Waals surface area contributed by atoms with Crippen LogP contribution in [0.2, 0.25) is 0 Å². The number of carbonyl (C=O) groups excluding carboxylic acids is 1. The molecule has 2 heterocycles. The van der Waals surface area contributed by atoms with Crippen LogP contribution in [-0.4, -0.2) is 52.1 Å². The number of carbonyl (C=O) groups is 1. The summed E-state index contributed by atoms with van der Waals surface area (Å²) in [5, 5.41) is 12.8. The van der Waals surface area contributed by atoms with Crippen molar-refractivity contribution in [3.8, 4) is 17.0 Å². The number of aryl methyl sites for hydroxylation is 1. The number of phenolic OH excluding ortho intramolecular Hbond substituents is 1. The Balaban J connectivity index is 1.47. The Labute approximate surface area is 180 Å². The number of phenols is 1. The monoisotopic (exact) mass is 418 g/mol. The Morgan fingerprint density at radius 2 is 2.00 bits per heavy atom. The van der Waals surface area contributed by atoms with Gasteiger partial charge in [-0.1, -0.05) is 12.1 Å².